The molecule has 0 aromatic heterocycles. The normalized spacial score (nSPS) is 11.8. The van der Waals surface area contributed by atoms with Gasteiger partial charge in [0.15, 0.2) is 21.4 Å². The molecule has 6 rings (SSSR count). The summed E-state index contributed by atoms with van der Waals surface area (Å²) in [6, 6.07) is 57.1. The number of unbranched alkanes of at least 4 members (excludes halogenated alkanes) is 27. The second kappa shape index (κ2) is 63.4. The third-order valence-electron chi connectivity index (χ3n) is 15.8. The van der Waals surface area contributed by atoms with E-state index in [1.165, 1.54) is 195 Å². The van der Waals surface area contributed by atoms with Crippen LogP contribution in [-0.2, 0) is 3.02 Å². The summed E-state index contributed by atoms with van der Waals surface area (Å²) in [7, 11) is 0. The first-order chi connectivity index (χ1) is 49.3. The standard InChI is InChI=1S/3C26H38IO2.C4F6.4O.Sb/c3*1-2-3-4-5-6-7-8-9-10-14-17-25(28)22-29-26-20-18-24(19-21-26)27-23-15-12-11-13-16-23;5-1(3(7)8)2(6)4(9)10;;;;;/h3*11-13,15-16,18-21,25,28H,2-10,14,17,22H2,1H3;;;;;;/q3*+1;;;3*-1;. The van der Waals surface area contributed by atoms with Crippen LogP contribution in [0.2, 0.25) is 0 Å². The molecule has 0 saturated carbocycles. The number of rotatable bonds is 49. The van der Waals surface area contributed by atoms with Gasteiger partial charge >= 0.3 is 109 Å². The Morgan fingerprint density at radius 1 is 0.314 bits per heavy atom. The van der Waals surface area contributed by atoms with Gasteiger partial charge in [0.2, 0.25) is 11.7 Å². The van der Waals surface area contributed by atoms with Crippen LogP contribution in [0.1, 0.15) is 233 Å². The fourth-order valence-electron chi connectivity index (χ4n) is 10.2. The first-order valence-corrected chi connectivity index (χ1v) is 47.4. The summed E-state index contributed by atoms with van der Waals surface area (Å²) in [5.74, 6) is -3.08. The van der Waals surface area contributed by atoms with Gasteiger partial charge < -0.3 is 29.5 Å². The summed E-state index contributed by atoms with van der Waals surface area (Å²) in [4.78, 5) is 0. The van der Waals surface area contributed by atoms with Crippen molar-refractivity contribution in [2.45, 2.75) is 251 Å². The average Bonchev–Trinajstić information content (AvgIpc) is 0.921. The van der Waals surface area contributed by atoms with Gasteiger partial charge in [-0.15, -0.1) is 0 Å². The molecule has 0 saturated heterocycles. The molecular weight excluding hydrogens is 1760 g/mol. The number of halogens is 9. The van der Waals surface area contributed by atoms with E-state index in [4.69, 9.17) is 27.4 Å². The number of aliphatic hydroxyl groups is 3. The SMILES string of the molecule is CCCCCCCCCCCCC(O)COc1ccc([I+]c2ccccc2)cc1.CCCCCCCCCCCCC(O)COc1ccc([I+]c2ccccc2)cc1.CCCCCCCCCCCCC(O)COc1ccc([I+]c2ccccc2)cc1.FC(F)=C(F)C(F)=C(F)F.[O]=[Sb]([O-])([O-])[O-]. The van der Waals surface area contributed by atoms with Crippen molar-refractivity contribution in [3.8, 4) is 17.2 Å². The molecule has 0 aliphatic heterocycles. The number of hydrogen-bond donors (Lipinski definition) is 3. The minimum atomic E-state index is -6.10. The predicted molar refractivity (Wildman–Crippen MR) is 382 cm³/mol. The molecule has 570 valence electrons. The van der Waals surface area contributed by atoms with Crippen molar-refractivity contribution in [2.75, 3.05) is 19.8 Å². The fraction of sp³-hybridized carbons (Fsp3) is 0.512. The van der Waals surface area contributed by atoms with Gasteiger partial charge in [0.1, 0.15) is 37.1 Å². The molecular formula is C82H114F6I3O10Sb. The monoisotopic (exact) mass is 1870 g/mol. The van der Waals surface area contributed by atoms with Crippen molar-refractivity contribution in [2.24, 2.45) is 0 Å². The molecule has 0 aliphatic carbocycles. The Labute approximate surface area is 643 Å². The number of benzene rings is 6. The molecule has 20 heteroatoms. The van der Waals surface area contributed by atoms with E-state index in [2.05, 4.69) is 148 Å². The van der Waals surface area contributed by atoms with Gasteiger partial charge in [0.25, 0.3) is 0 Å². The zero-order chi connectivity index (χ0) is 74.5. The molecule has 0 amide bonds. The maximum absolute atomic E-state index is 11.4. The summed E-state index contributed by atoms with van der Waals surface area (Å²) < 4.78 is 127. The van der Waals surface area contributed by atoms with Crippen molar-refractivity contribution >= 4 is 20.1 Å². The van der Waals surface area contributed by atoms with E-state index in [-0.39, 0.29) is 81.9 Å². The van der Waals surface area contributed by atoms with E-state index >= 15 is 0 Å². The summed E-state index contributed by atoms with van der Waals surface area (Å²) in [5.41, 5.74) is 0. The van der Waals surface area contributed by atoms with Crippen LogP contribution < -0.4 is 88.0 Å². The van der Waals surface area contributed by atoms with Crippen molar-refractivity contribution in [1.29, 1.82) is 0 Å². The number of aliphatic hydroxyl groups excluding tert-OH is 3. The second-order valence-electron chi connectivity index (χ2n) is 24.9. The molecule has 3 unspecified atom stereocenters. The first kappa shape index (κ1) is 94.4. The Hall–Kier alpha value is -3.65. The van der Waals surface area contributed by atoms with Crippen LogP contribution in [0.3, 0.4) is 0 Å². The van der Waals surface area contributed by atoms with E-state index < -0.39 is 43.9 Å². The van der Waals surface area contributed by atoms with Crippen LogP contribution in [0.5, 0.6) is 17.2 Å². The molecule has 10 nitrogen and oxygen atoms in total. The van der Waals surface area contributed by atoms with Crippen LogP contribution in [0.25, 0.3) is 0 Å². The van der Waals surface area contributed by atoms with E-state index in [1.54, 1.807) is 0 Å². The second-order valence-corrected chi connectivity index (χ2v) is 36.6. The van der Waals surface area contributed by atoms with Gasteiger partial charge in [0.05, 0.1) is 18.3 Å². The molecule has 0 fully saturated rings. The molecule has 0 radical (unpaired) electrons. The van der Waals surface area contributed by atoms with Crippen LogP contribution in [0, 0.1) is 21.4 Å². The van der Waals surface area contributed by atoms with Crippen molar-refractivity contribution < 1.29 is 133 Å². The molecule has 6 aromatic carbocycles. The number of hydrogen-bond acceptors (Lipinski definition) is 10. The third-order valence-corrected chi connectivity index (χ3v) is 23.9. The van der Waals surface area contributed by atoms with Crippen LogP contribution in [0.15, 0.2) is 188 Å². The number of ether oxygens (including phenoxy) is 3. The third kappa shape index (κ3) is 55.7. The van der Waals surface area contributed by atoms with Crippen molar-refractivity contribution in [3.05, 3.63) is 209 Å². The summed E-state index contributed by atoms with van der Waals surface area (Å²) in [6.07, 6.45) is 35.0. The molecule has 3 N–H and O–H groups in total. The van der Waals surface area contributed by atoms with Crippen LogP contribution in [-0.4, -0.2) is 73.5 Å². The molecule has 0 bridgehead atoms. The average molecular weight is 1880 g/mol. The molecule has 6 aromatic rings. The summed E-state index contributed by atoms with van der Waals surface area (Å²) >= 11 is -6.49. The van der Waals surface area contributed by atoms with Gasteiger partial charge in [0, 0.05) is 0 Å². The quantitative estimate of drug-likeness (QED) is 0.0110. The molecule has 102 heavy (non-hydrogen) atoms. The van der Waals surface area contributed by atoms with E-state index in [9.17, 15) is 41.7 Å². The van der Waals surface area contributed by atoms with Gasteiger partial charge in [-0.05, 0) is 128 Å². The summed E-state index contributed by atoms with van der Waals surface area (Å²) in [5, 5.41) is 30.5. The molecule has 0 heterocycles. The van der Waals surface area contributed by atoms with Crippen LogP contribution >= 0.6 is 0 Å². The van der Waals surface area contributed by atoms with E-state index in [0.717, 1.165) is 55.8 Å². The van der Waals surface area contributed by atoms with Gasteiger partial charge in [-0.1, -0.05) is 268 Å². The fourth-order valence-corrected chi connectivity index (χ4v) is 16.8. The van der Waals surface area contributed by atoms with Crippen molar-refractivity contribution in [3.63, 3.8) is 0 Å². The Balaban J connectivity index is 0.000000471. The van der Waals surface area contributed by atoms with E-state index in [0.29, 0.717) is 19.8 Å². The first-order valence-electron chi connectivity index (χ1n) is 36.8. The maximum atomic E-state index is 11.4. The van der Waals surface area contributed by atoms with Crippen molar-refractivity contribution in [1.82, 2.24) is 0 Å². The summed E-state index contributed by atoms with van der Waals surface area (Å²) in [6.45, 7) is 7.98. The minimum absolute atomic E-state index is 0.131. The zero-order valence-electron chi connectivity index (χ0n) is 60.3. The van der Waals surface area contributed by atoms with Gasteiger partial charge in [-0.25, -0.2) is 0 Å². The van der Waals surface area contributed by atoms with Crippen LogP contribution in [0.4, 0.5) is 26.3 Å². The molecule has 3 atom stereocenters. The Kier molecular flexibility index (Phi) is 58.7. The Morgan fingerprint density at radius 2 is 0.490 bits per heavy atom. The molecule has 0 aliphatic rings. The predicted octanol–water partition coefficient (Wildman–Crippen LogP) is 10.7. The topological polar surface area (TPSA) is 175 Å². The van der Waals surface area contributed by atoms with E-state index in [1.807, 2.05) is 36.4 Å². The molecule has 0 spiro atoms. The van der Waals surface area contributed by atoms with Gasteiger partial charge in [-0.3, -0.25) is 0 Å². The Bertz CT molecular complexity index is 2720. The zero-order valence-corrected chi connectivity index (χ0v) is 69.3. The Morgan fingerprint density at radius 3 is 0.676 bits per heavy atom. The number of allylic oxidation sites excluding steroid dienone is 2. The van der Waals surface area contributed by atoms with Gasteiger partial charge in [-0.2, -0.15) is 26.3 Å².